The highest BCUT2D eigenvalue weighted by molar-refractivity contribution is 6.01. The molecule has 9 nitrogen and oxygen atoms in total. The summed E-state index contributed by atoms with van der Waals surface area (Å²) in [6.45, 7) is 4.77. The Labute approximate surface area is 185 Å². The number of nitrogens with one attached hydrogen (secondary N) is 1. The van der Waals surface area contributed by atoms with Gasteiger partial charge in [0.1, 0.15) is 17.1 Å². The second-order valence-electron chi connectivity index (χ2n) is 8.62. The molecule has 2 aromatic rings. The average molecular weight is 442 g/mol. The van der Waals surface area contributed by atoms with Gasteiger partial charge >= 0.3 is 0 Å². The molecule has 10 heteroatoms. The lowest BCUT2D eigenvalue weighted by Crippen LogP contribution is -2.62. The summed E-state index contributed by atoms with van der Waals surface area (Å²) in [5.74, 6) is -1.29. The van der Waals surface area contributed by atoms with Gasteiger partial charge in [-0.25, -0.2) is 4.39 Å². The number of aromatic nitrogens is 2. The summed E-state index contributed by atoms with van der Waals surface area (Å²) in [6, 6.07) is 7.35. The van der Waals surface area contributed by atoms with Gasteiger partial charge in [-0.3, -0.25) is 19.1 Å². The van der Waals surface area contributed by atoms with Crippen LogP contribution in [-0.2, 0) is 17.9 Å². The number of benzene rings is 1. The lowest BCUT2D eigenvalue weighted by atomic mass is 9.96. The van der Waals surface area contributed by atoms with Crippen LogP contribution in [0.3, 0.4) is 0 Å². The SMILES string of the molecule is CN1CCN(C(=O)c2cc3n(n2)C[C@@](C)(C(=O)NCc2ccc(F)cc2)N(C)C3=O)CC1. The zero-order valence-corrected chi connectivity index (χ0v) is 18.5. The molecule has 1 aromatic carbocycles. The van der Waals surface area contributed by atoms with Crippen LogP contribution in [-0.4, -0.2) is 88.0 Å². The van der Waals surface area contributed by atoms with E-state index >= 15 is 0 Å². The third kappa shape index (κ3) is 3.97. The van der Waals surface area contributed by atoms with Gasteiger partial charge in [0, 0.05) is 45.8 Å². The molecule has 0 unspecified atom stereocenters. The number of carbonyl (C=O) groups is 3. The normalized spacial score (nSPS) is 21.4. The molecule has 1 N–H and O–H groups in total. The van der Waals surface area contributed by atoms with Gasteiger partial charge in [0.2, 0.25) is 5.91 Å². The van der Waals surface area contributed by atoms with Gasteiger partial charge in [0.05, 0.1) is 6.54 Å². The van der Waals surface area contributed by atoms with E-state index in [2.05, 4.69) is 15.3 Å². The molecule has 1 atom stereocenters. The first-order chi connectivity index (χ1) is 15.2. The van der Waals surface area contributed by atoms with E-state index in [0.717, 1.165) is 18.7 Å². The highest BCUT2D eigenvalue weighted by Crippen LogP contribution is 2.26. The zero-order chi connectivity index (χ0) is 23.0. The second-order valence-corrected chi connectivity index (χ2v) is 8.62. The lowest BCUT2D eigenvalue weighted by Gasteiger charge is -2.40. The van der Waals surface area contributed by atoms with Gasteiger partial charge < -0.3 is 20.0 Å². The summed E-state index contributed by atoms with van der Waals surface area (Å²) in [4.78, 5) is 44.2. The van der Waals surface area contributed by atoms with E-state index in [1.165, 1.54) is 27.8 Å². The Hall–Kier alpha value is -3.27. The Balaban J connectivity index is 1.50. The molecule has 0 radical (unpaired) electrons. The summed E-state index contributed by atoms with van der Waals surface area (Å²) in [5.41, 5.74) is 0.0497. The first-order valence-electron chi connectivity index (χ1n) is 10.6. The van der Waals surface area contributed by atoms with Gasteiger partial charge in [-0.2, -0.15) is 5.10 Å². The van der Waals surface area contributed by atoms with Crippen molar-refractivity contribution in [3.05, 3.63) is 53.1 Å². The molecule has 0 bridgehead atoms. The molecule has 4 rings (SSSR count). The third-order valence-corrected chi connectivity index (χ3v) is 6.37. The molecule has 2 aliphatic heterocycles. The molecule has 1 aromatic heterocycles. The van der Waals surface area contributed by atoms with Crippen LogP contribution in [0.5, 0.6) is 0 Å². The number of piperazine rings is 1. The number of carbonyl (C=O) groups excluding carboxylic acids is 3. The van der Waals surface area contributed by atoms with E-state index in [0.29, 0.717) is 13.1 Å². The quantitative estimate of drug-likeness (QED) is 0.748. The number of halogens is 1. The predicted molar refractivity (Wildman–Crippen MR) is 114 cm³/mol. The molecule has 1 fully saturated rings. The van der Waals surface area contributed by atoms with E-state index in [-0.39, 0.29) is 48.0 Å². The number of amides is 3. The minimum absolute atomic E-state index is 0.121. The van der Waals surface area contributed by atoms with Crippen LogP contribution in [0.15, 0.2) is 30.3 Å². The Morgan fingerprint density at radius 3 is 2.44 bits per heavy atom. The molecule has 2 aliphatic rings. The first-order valence-corrected chi connectivity index (χ1v) is 10.6. The largest absolute Gasteiger partial charge is 0.350 e. The van der Waals surface area contributed by atoms with Gasteiger partial charge in [-0.1, -0.05) is 12.1 Å². The minimum Gasteiger partial charge on any atom is -0.350 e. The number of likely N-dealkylation sites (N-methyl/N-ethyl adjacent to an activating group) is 2. The molecular weight excluding hydrogens is 415 g/mol. The van der Waals surface area contributed by atoms with Crippen molar-refractivity contribution in [2.24, 2.45) is 0 Å². The summed E-state index contributed by atoms with van der Waals surface area (Å²) in [7, 11) is 3.58. The monoisotopic (exact) mass is 442 g/mol. The van der Waals surface area contributed by atoms with E-state index in [1.807, 2.05) is 7.05 Å². The van der Waals surface area contributed by atoms with Crippen molar-refractivity contribution in [1.29, 1.82) is 0 Å². The highest BCUT2D eigenvalue weighted by atomic mass is 19.1. The van der Waals surface area contributed by atoms with Gasteiger partial charge in [-0.05, 0) is 31.7 Å². The fraction of sp³-hybridized carbons (Fsp3) is 0.455. The fourth-order valence-corrected chi connectivity index (χ4v) is 3.98. The Morgan fingerprint density at radius 1 is 1.12 bits per heavy atom. The number of hydrogen-bond donors (Lipinski definition) is 1. The molecule has 32 heavy (non-hydrogen) atoms. The van der Waals surface area contributed by atoms with Gasteiger partial charge in [0.25, 0.3) is 11.8 Å². The average Bonchev–Trinajstić information content (AvgIpc) is 3.20. The van der Waals surface area contributed by atoms with E-state index in [1.54, 1.807) is 31.0 Å². The van der Waals surface area contributed by atoms with Crippen LogP contribution in [0.25, 0.3) is 0 Å². The van der Waals surface area contributed by atoms with Crippen molar-refractivity contribution < 1.29 is 18.8 Å². The van der Waals surface area contributed by atoms with Crippen LogP contribution in [0.4, 0.5) is 4.39 Å². The van der Waals surface area contributed by atoms with Crippen molar-refractivity contribution in [1.82, 2.24) is 29.8 Å². The number of hydrogen-bond acceptors (Lipinski definition) is 5. The van der Waals surface area contributed by atoms with Gasteiger partial charge in [-0.15, -0.1) is 0 Å². The number of fused-ring (bicyclic) bond motifs is 1. The molecule has 170 valence electrons. The van der Waals surface area contributed by atoms with Crippen LogP contribution in [0, 0.1) is 5.82 Å². The Bertz CT molecular complexity index is 1040. The standard InChI is InChI=1S/C22H27FN6O3/c1-22(21(32)24-13-15-4-6-16(23)7-5-15)14-29-18(20(31)27(22)3)12-17(25-29)19(30)28-10-8-26(2)9-11-28/h4-7,12H,8-11,13-14H2,1-3H3,(H,24,32)/t22-/m0/s1. The van der Waals surface area contributed by atoms with Crippen molar-refractivity contribution in [3.8, 4) is 0 Å². The first kappa shape index (κ1) is 21.9. The second kappa shape index (κ2) is 8.34. The van der Waals surface area contributed by atoms with Gasteiger partial charge in [0.15, 0.2) is 5.69 Å². The summed E-state index contributed by atoms with van der Waals surface area (Å²) >= 11 is 0. The maximum Gasteiger partial charge on any atom is 0.274 e. The highest BCUT2D eigenvalue weighted by Gasteiger charge is 2.46. The molecule has 0 aliphatic carbocycles. The van der Waals surface area contributed by atoms with Crippen LogP contribution in [0.1, 0.15) is 33.5 Å². The third-order valence-electron chi connectivity index (χ3n) is 6.37. The molecule has 0 spiro atoms. The van der Waals surface area contributed by atoms with E-state index in [4.69, 9.17) is 0 Å². The topological polar surface area (TPSA) is 90.8 Å². The predicted octanol–water partition coefficient (Wildman–Crippen LogP) is 0.571. The molecule has 1 saturated heterocycles. The van der Waals surface area contributed by atoms with E-state index < -0.39 is 5.54 Å². The number of nitrogens with zero attached hydrogens (tertiary/aromatic N) is 5. The van der Waals surface area contributed by atoms with Crippen molar-refractivity contribution in [2.75, 3.05) is 40.3 Å². The van der Waals surface area contributed by atoms with Crippen molar-refractivity contribution >= 4 is 17.7 Å². The smallest absolute Gasteiger partial charge is 0.274 e. The van der Waals surface area contributed by atoms with Crippen molar-refractivity contribution in [2.45, 2.75) is 25.6 Å². The van der Waals surface area contributed by atoms with Crippen molar-refractivity contribution in [3.63, 3.8) is 0 Å². The molecule has 3 amide bonds. The van der Waals surface area contributed by atoms with Crippen LogP contribution in [0.2, 0.25) is 0 Å². The summed E-state index contributed by atoms with van der Waals surface area (Å²) in [5, 5.41) is 7.20. The maximum atomic E-state index is 13.1. The summed E-state index contributed by atoms with van der Waals surface area (Å²) in [6.07, 6.45) is 0. The number of rotatable bonds is 4. The summed E-state index contributed by atoms with van der Waals surface area (Å²) < 4.78 is 14.5. The van der Waals surface area contributed by atoms with E-state index in [9.17, 15) is 18.8 Å². The minimum atomic E-state index is -1.19. The Morgan fingerprint density at radius 2 is 1.78 bits per heavy atom. The maximum absolute atomic E-state index is 13.1. The molecular formula is C22H27FN6O3. The van der Waals surface area contributed by atoms with Crippen LogP contribution >= 0.6 is 0 Å². The van der Waals surface area contributed by atoms with Crippen LogP contribution < -0.4 is 5.32 Å². The molecule has 3 heterocycles. The molecule has 0 saturated carbocycles. The fourth-order valence-electron chi connectivity index (χ4n) is 3.98. The zero-order valence-electron chi connectivity index (χ0n) is 18.5. The Kier molecular flexibility index (Phi) is 5.72. The lowest BCUT2D eigenvalue weighted by molar-refractivity contribution is -0.132.